The number of alkyl carbamates (subject to hydrolysis) is 1. The molecule has 0 bridgehead atoms. The summed E-state index contributed by atoms with van der Waals surface area (Å²) in [6, 6.07) is 7.21. The van der Waals surface area contributed by atoms with E-state index in [4.69, 9.17) is 9.84 Å². The van der Waals surface area contributed by atoms with Crippen LogP contribution in [0.3, 0.4) is 0 Å². The van der Waals surface area contributed by atoms with Gasteiger partial charge in [-0.2, -0.15) is 0 Å². The zero-order valence-electron chi connectivity index (χ0n) is 18.3. The monoisotopic (exact) mass is 421 g/mol. The lowest BCUT2D eigenvalue weighted by Gasteiger charge is -2.32. The Labute approximate surface area is 177 Å². The molecule has 0 aliphatic rings. The number of likely N-dealkylation sites (N-methyl/N-ethyl adjacent to an activating group) is 2. The zero-order valence-corrected chi connectivity index (χ0v) is 18.3. The van der Waals surface area contributed by atoms with E-state index < -0.39 is 48.1 Å². The number of rotatable bonds is 8. The molecule has 0 spiro atoms. The number of ether oxygens (including phenoxy) is 1. The van der Waals surface area contributed by atoms with Gasteiger partial charge in [-0.05, 0) is 33.3 Å². The van der Waals surface area contributed by atoms with E-state index in [9.17, 15) is 19.2 Å². The van der Waals surface area contributed by atoms with Crippen molar-refractivity contribution in [3.63, 3.8) is 0 Å². The first-order chi connectivity index (χ1) is 13.8. The SMILES string of the molecule is C[C@H](NC(=O)OC(C)(C)C)C(=O)N(C)[C@H](Cc1ccccc1)C(=O)N(C)CC(=O)O. The highest BCUT2D eigenvalue weighted by Crippen LogP contribution is 2.13. The Morgan fingerprint density at radius 1 is 1.07 bits per heavy atom. The maximum Gasteiger partial charge on any atom is 0.408 e. The van der Waals surface area contributed by atoms with Crippen LogP contribution in [-0.4, -0.2) is 77.1 Å². The predicted molar refractivity (Wildman–Crippen MR) is 111 cm³/mol. The van der Waals surface area contributed by atoms with Gasteiger partial charge in [0.1, 0.15) is 24.2 Å². The largest absolute Gasteiger partial charge is 0.480 e. The molecule has 0 aromatic heterocycles. The Morgan fingerprint density at radius 3 is 2.13 bits per heavy atom. The molecular weight excluding hydrogens is 390 g/mol. The Kier molecular flexibility index (Phi) is 8.82. The van der Waals surface area contributed by atoms with Crippen LogP contribution in [0.4, 0.5) is 4.79 Å². The molecule has 0 unspecified atom stereocenters. The van der Waals surface area contributed by atoms with Crippen LogP contribution in [0.15, 0.2) is 30.3 Å². The van der Waals surface area contributed by atoms with E-state index in [-0.39, 0.29) is 6.42 Å². The number of hydrogen-bond acceptors (Lipinski definition) is 5. The summed E-state index contributed by atoms with van der Waals surface area (Å²) in [5.41, 5.74) is 0.0939. The van der Waals surface area contributed by atoms with Crippen molar-refractivity contribution in [2.45, 2.75) is 51.8 Å². The normalized spacial score (nSPS) is 13.0. The molecule has 0 fully saturated rings. The number of hydrogen-bond donors (Lipinski definition) is 2. The number of nitrogens with zero attached hydrogens (tertiary/aromatic N) is 2. The Balaban J connectivity index is 3.00. The van der Waals surface area contributed by atoms with E-state index in [0.29, 0.717) is 0 Å². The first-order valence-electron chi connectivity index (χ1n) is 9.58. The van der Waals surface area contributed by atoms with Gasteiger partial charge in [-0.25, -0.2) is 4.79 Å². The quantitative estimate of drug-likeness (QED) is 0.657. The van der Waals surface area contributed by atoms with Crippen LogP contribution < -0.4 is 5.32 Å². The molecule has 1 aromatic rings. The second-order valence-electron chi connectivity index (χ2n) is 8.11. The number of carboxylic acid groups (broad SMARTS) is 1. The third-order valence-electron chi connectivity index (χ3n) is 4.22. The standard InChI is InChI=1S/C21H31N3O6/c1-14(22-20(29)30-21(2,3)4)18(27)24(6)16(12-15-10-8-7-9-11-15)19(28)23(5)13-17(25)26/h7-11,14,16H,12-13H2,1-6H3,(H,22,29)(H,25,26)/t14-,16+/m0/s1. The number of nitrogens with one attached hydrogen (secondary N) is 1. The summed E-state index contributed by atoms with van der Waals surface area (Å²) in [6.07, 6.45) is -0.545. The molecule has 0 saturated heterocycles. The molecule has 2 N–H and O–H groups in total. The molecule has 0 aliphatic heterocycles. The number of carboxylic acids is 1. The lowest BCUT2D eigenvalue weighted by molar-refractivity contribution is -0.148. The predicted octanol–water partition coefficient (Wildman–Crippen LogP) is 1.51. The maximum atomic E-state index is 12.9. The lowest BCUT2D eigenvalue weighted by atomic mass is 10.0. The van der Waals surface area contributed by atoms with Gasteiger partial charge in [0.25, 0.3) is 0 Å². The highest BCUT2D eigenvalue weighted by Gasteiger charge is 2.33. The average molecular weight is 421 g/mol. The van der Waals surface area contributed by atoms with Gasteiger partial charge in [-0.1, -0.05) is 30.3 Å². The summed E-state index contributed by atoms with van der Waals surface area (Å²) < 4.78 is 5.16. The summed E-state index contributed by atoms with van der Waals surface area (Å²) in [5.74, 6) is -2.17. The minimum Gasteiger partial charge on any atom is -0.480 e. The van der Waals surface area contributed by atoms with Gasteiger partial charge in [-0.15, -0.1) is 0 Å². The summed E-state index contributed by atoms with van der Waals surface area (Å²) >= 11 is 0. The molecule has 30 heavy (non-hydrogen) atoms. The van der Waals surface area contributed by atoms with Crippen molar-refractivity contribution in [1.29, 1.82) is 0 Å². The van der Waals surface area contributed by atoms with Crippen LogP contribution in [0.25, 0.3) is 0 Å². The second-order valence-corrected chi connectivity index (χ2v) is 8.11. The topological polar surface area (TPSA) is 116 Å². The molecule has 0 radical (unpaired) electrons. The average Bonchev–Trinajstić information content (AvgIpc) is 2.63. The van der Waals surface area contributed by atoms with E-state index in [1.165, 1.54) is 25.9 Å². The number of benzene rings is 1. The third kappa shape index (κ3) is 8.10. The Morgan fingerprint density at radius 2 is 1.63 bits per heavy atom. The molecular formula is C21H31N3O6. The maximum absolute atomic E-state index is 12.9. The van der Waals surface area contributed by atoms with Gasteiger partial charge in [-0.3, -0.25) is 14.4 Å². The fourth-order valence-corrected chi connectivity index (χ4v) is 2.77. The molecule has 166 valence electrons. The fraction of sp³-hybridized carbons (Fsp3) is 0.524. The van der Waals surface area contributed by atoms with Crippen LogP contribution in [0.2, 0.25) is 0 Å². The van der Waals surface area contributed by atoms with Crippen LogP contribution in [0, 0.1) is 0 Å². The zero-order chi connectivity index (χ0) is 23.1. The number of aliphatic carboxylic acids is 1. The van der Waals surface area contributed by atoms with Crippen LogP contribution in [0.1, 0.15) is 33.3 Å². The summed E-state index contributed by atoms with van der Waals surface area (Å²) in [7, 11) is 2.82. The van der Waals surface area contributed by atoms with Crippen molar-refractivity contribution in [1.82, 2.24) is 15.1 Å². The van der Waals surface area contributed by atoms with Gasteiger partial charge in [0.15, 0.2) is 0 Å². The van der Waals surface area contributed by atoms with Crippen molar-refractivity contribution in [3.8, 4) is 0 Å². The van der Waals surface area contributed by atoms with E-state index >= 15 is 0 Å². The number of carbonyl (C=O) groups excluding carboxylic acids is 3. The first-order valence-corrected chi connectivity index (χ1v) is 9.58. The van der Waals surface area contributed by atoms with Crippen molar-refractivity contribution >= 4 is 23.9 Å². The molecule has 9 heteroatoms. The highest BCUT2D eigenvalue weighted by atomic mass is 16.6. The van der Waals surface area contributed by atoms with Crippen molar-refractivity contribution in [3.05, 3.63) is 35.9 Å². The minimum atomic E-state index is -1.15. The van der Waals surface area contributed by atoms with Gasteiger partial charge in [0, 0.05) is 20.5 Å². The molecule has 3 amide bonds. The van der Waals surface area contributed by atoms with Gasteiger partial charge < -0.3 is 25.0 Å². The molecule has 0 saturated carbocycles. The van der Waals surface area contributed by atoms with Crippen molar-refractivity contribution in [2.75, 3.05) is 20.6 Å². The van der Waals surface area contributed by atoms with Gasteiger partial charge in [0.05, 0.1) is 0 Å². The van der Waals surface area contributed by atoms with E-state index in [0.717, 1.165) is 10.5 Å². The van der Waals surface area contributed by atoms with E-state index in [1.807, 2.05) is 30.3 Å². The lowest BCUT2D eigenvalue weighted by Crippen LogP contribution is -2.55. The molecule has 0 heterocycles. The molecule has 9 nitrogen and oxygen atoms in total. The molecule has 2 atom stereocenters. The third-order valence-corrected chi connectivity index (χ3v) is 4.22. The number of carbonyl (C=O) groups is 4. The van der Waals surface area contributed by atoms with Crippen LogP contribution in [-0.2, 0) is 25.5 Å². The Hall–Kier alpha value is -3.10. The second kappa shape index (κ2) is 10.6. The van der Waals surface area contributed by atoms with Crippen LogP contribution >= 0.6 is 0 Å². The van der Waals surface area contributed by atoms with Gasteiger partial charge >= 0.3 is 12.1 Å². The first kappa shape index (κ1) is 24.9. The van der Waals surface area contributed by atoms with E-state index in [2.05, 4.69) is 5.32 Å². The van der Waals surface area contributed by atoms with Crippen LogP contribution in [0.5, 0.6) is 0 Å². The molecule has 1 rings (SSSR count). The Bertz CT molecular complexity index is 760. The van der Waals surface area contributed by atoms with Crippen molar-refractivity contribution < 1.29 is 29.0 Å². The number of amides is 3. The molecule has 1 aromatic carbocycles. The molecule has 0 aliphatic carbocycles. The van der Waals surface area contributed by atoms with E-state index in [1.54, 1.807) is 20.8 Å². The minimum absolute atomic E-state index is 0.199. The summed E-state index contributed by atoms with van der Waals surface area (Å²) in [4.78, 5) is 51.1. The summed E-state index contributed by atoms with van der Waals surface area (Å²) in [6.45, 7) is 6.12. The fourth-order valence-electron chi connectivity index (χ4n) is 2.77. The highest BCUT2D eigenvalue weighted by molar-refractivity contribution is 5.92. The summed E-state index contributed by atoms with van der Waals surface area (Å²) in [5, 5.41) is 11.5. The van der Waals surface area contributed by atoms with Gasteiger partial charge in [0.2, 0.25) is 11.8 Å². The smallest absolute Gasteiger partial charge is 0.408 e. The van der Waals surface area contributed by atoms with Crippen molar-refractivity contribution in [2.24, 2.45) is 0 Å².